The summed E-state index contributed by atoms with van der Waals surface area (Å²) >= 11 is 0. The maximum atomic E-state index is 9.72. The van der Waals surface area contributed by atoms with Gasteiger partial charge in [0.05, 0.1) is 12.6 Å². The smallest absolute Gasteiger partial charge is 0.194 e. The number of likely N-dealkylation sites (tertiary alicyclic amines) is 1. The van der Waals surface area contributed by atoms with Gasteiger partial charge in [-0.3, -0.25) is 4.90 Å². The van der Waals surface area contributed by atoms with Gasteiger partial charge in [-0.15, -0.1) is 24.0 Å². The van der Waals surface area contributed by atoms with Crippen molar-refractivity contribution in [1.82, 2.24) is 15.1 Å². The van der Waals surface area contributed by atoms with Crippen LogP contribution in [0.5, 0.6) is 0 Å². The molecule has 0 aromatic heterocycles. The van der Waals surface area contributed by atoms with Crippen LogP contribution in [0, 0.1) is 0 Å². The number of aliphatic imine (C=N–C) groups is 1. The number of nitrogens with one attached hydrogen (secondary N) is 1. The fourth-order valence-electron chi connectivity index (χ4n) is 2.98. The molecule has 0 amide bonds. The Hall–Kier alpha value is -0.860. The van der Waals surface area contributed by atoms with Crippen LogP contribution in [0.1, 0.15) is 38.3 Å². The first-order chi connectivity index (χ1) is 11.7. The van der Waals surface area contributed by atoms with E-state index in [1.807, 2.05) is 0 Å². The number of aliphatic hydroxyl groups excluding tert-OH is 1. The van der Waals surface area contributed by atoms with Gasteiger partial charge < -0.3 is 15.3 Å². The predicted molar refractivity (Wildman–Crippen MR) is 115 cm³/mol. The minimum absolute atomic E-state index is 0. The summed E-state index contributed by atoms with van der Waals surface area (Å²) < 4.78 is 0. The van der Waals surface area contributed by atoms with Crippen LogP contribution in [0.3, 0.4) is 0 Å². The zero-order chi connectivity index (χ0) is 17.4. The van der Waals surface area contributed by atoms with Crippen LogP contribution in [0.4, 0.5) is 0 Å². The van der Waals surface area contributed by atoms with Gasteiger partial charge in [0.2, 0.25) is 0 Å². The summed E-state index contributed by atoms with van der Waals surface area (Å²) in [6.45, 7) is 12.7. The Morgan fingerprint density at radius 3 is 2.36 bits per heavy atom. The van der Waals surface area contributed by atoms with Gasteiger partial charge in [-0.2, -0.15) is 0 Å². The summed E-state index contributed by atoms with van der Waals surface area (Å²) in [5, 5.41) is 13.0. The van der Waals surface area contributed by atoms with Crippen molar-refractivity contribution >= 4 is 29.9 Å². The first-order valence-corrected chi connectivity index (χ1v) is 9.17. The molecule has 2 N–H and O–H groups in total. The molecular weight excluding hydrogens is 427 g/mol. The molecule has 1 aliphatic rings. The molecule has 1 aromatic carbocycles. The summed E-state index contributed by atoms with van der Waals surface area (Å²) in [7, 11) is 0. The molecule has 0 bridgehead atoms. The van der Waals surface area contributed by atoms with Gasteiger partial charge >= 0.3 is 0 Å². The van der Waals surface area contributed by atoms with E-state index in [0.29, 0.717) is 13.1 Å². The highest BCUT2D eigenvalue weighted by Gasteiger charge is 2.22. The summed E-state index contributed by atoms with van der Waals surface area (Å²) in [5.74, 6) is 0.904. The molecule has 25 heavy (non-hydrogen) atoms. The van der Waals surface area contributed by atoms with E-state index in [-0.39, 0.29) is 30.1 Å². The van der Waals surface area contributed by atoms with Crippen molar-refractivity contribution in [1.29, 1.82) is 0 Å². The van der Waals surface area contributed by atoms with E-state index in [9.17, 15) is 5.11 Å². The molecule has 5 nitrogen and oxygen atoms in total. The normalized spacial score (nSPS) is 17.7. The van der Waals surface area contributed by atoms with Gasteiger partial charge in [-0.25, -0.2) is 4.99 Å². The fourth-order valence-corrected chi connectivity index (χ4v) is 2.98. The van der Waals surface area contributed by atoms with Gasteiger partial charge in [0.25, 0.3) is 0 Å². The number of hydrogen-bond acceptors (Lipinski definition) is 3. The predicted octanol–water partition coefficient (Wildman–Crippen LogP) is 2.68. The van der Waals surface area contributed by atoms with Crippen molar-refractivity contribution in [2.75, 3.05) is 32.7 Å². The van der Waals surface area contributed by atoms with Crippen molar-refractivity contribution in [2.45, 2.75) is 46.4 Å². The molecular formula is C19H33IN4O. The van der Waals surface area contributed by atoms with Crippen LogP contribution in [-0.4, -0.2) is 59.7 Å². The van der Waals surface area contributed by atoms with Gasteiger partial charge in [0, 0.05) is 26.2 Å². The number of β-amino-alcohol motifs (C(OH)–C–C–N with tert-alkyl or cyclic N) is 1. The minimum atomic E-state index is -0.229. The molecule has 1 aromatic rings. The fraction of sp³-hybridized carbons (Fsp3) is 0.632. The number of nitrogens with zero attached hydrogens (tertiary/aromatic N) is 3. The lowest BCUT2D eigenvalue weighted by Gasteiger charge is -2.21. The monoisotopic (exact) mass is 460 g/mol. The first-order valence-electron chi connectivity index (χ1n) is 9.17. The third-order valence-electron chi connectivity index (χ3n) is 4.53. The Labute approximate surface area is 169 Å². The topological polar surface area (TPSA) is 51.1 Å². The van der Waals surface area contributed by atoms with Crippen LogP contribution < -0.4 is 5.32 Å². The van der Waals surface area contributed by atoms with E-state index in [1.54, 1.807) is 0 Å². The Kier molecular flexibility index (Phi) is 10.4. The zero-order valence-corrected chi connectivity index (χ0v) is 18.1. The number of rotatable bonds is 7. The zero-order valence-electron chi connectivity index (χ0n) is 15.7. The summed E-state index contributed by atoms with van der Waals surface area (Å²) in [4.78, 5) is 9.29. The minimum Gasteiger partial charge on any atom is -0.391 e. The van der Waals surface area contributed by atoms with E-state index in [2.05, 4.69) is 60.2 Å². The van der Waals surface area contributed by atoms with Gasteiger partial charge in [-0.05, 0) is 37.6 Å². The Balaban J connectivity index is 0.00000312. The second kappa shape index (κ2) is 11.7. The molecule has 1 aliphatic heterocycles. The summed E-state index contributed by atoms with van der Waals surface area (Å²) in [5.41, 5.74) is 2.56. The third kappa shape index (κ3) is 7.11. The van der Waals surface area contributed by atoms with E-state index < -0.39 is 0 Å². The molecule has 0 aliphatic carbocycles. The van der Waals surface area contributed by atoms with Crippen molar-refractivity contribution < 1.29 is 5.11 Å². The molecule has 0 spiro atoms. The Morgan fingerprint density at radius 2 is 1.84 bits per heavy atom. The number of hydrogen-bond donors (Lipinski definition) is 2. The molecule has 1 fully saturated rings. The number of guanidine groups is 1. The second-order valence-corrected chi connectivity index (χ2v) is 6.34. The van der Waals surface area contributed by atoms with Crippen LogP contribution in [0.2, 0.25) is 0 Å². The molecule has 2 rings (SSSR count). The van der Waals surface area contributed by atoms with E-state index in [4.69, 9.17) is 4.99 Å². The molecule has 1 atom stereocenters. The Bertz CT molecular complexity index is 517. The van der Waals surface area contributed by atoms with Crippen LogP contribution in [0.15, 0.2) is 29.3 Å². The van der Waals surface area contributed by atoms with Crippen molar-refractivity contribution in [2.24, 2.45) is 4.99 Å². The molecule has 0 unspecified atom stereocenters. The standard InChI is InChI=1S/C19H32N4O.HI/c1-4-20-19(23-12-11-18(24)15-23)21-13-16-7-9-17(10-8-16)14-22(5-2)6-3;/h7-10,18,24H,4-6,11-15H2,1-3H3,(H,20,21);1H/t18-;/m1./s1. The Morgan fingerprint density at radius 1 is 1.20 bits per heavy atom. The number of halogens is 1. The van der Waals surface area contributed by atoms with E-state index in [1.165, 1.54) is 11.1 Å². The average Bonchev–Trinajstić information content (AvgIpc) is 3.03. The van der Waals surface area contributed by atoms with Crippen molar-refractivity contribution in [3.8, 4) is 0 Å². The van der Waals surface area contributed by atoms with E-state index >= 15 is 0 Å². The second-order valence-electron chi connectivity index (χ2n) is 6.34. The van der Waals surface area contributed by atoms with Crippen LogP contribution in [0.25, 0.3) is 0 Å². The average molecular weight is 460 g/mol. The van der Waals surface area contributed by atoms with Gasteiger partial charge in [0.15, 0.2) is 5.96 Å². The molecule has 0 radical (unpaired) electrons. The van der Waals surface area contributed by atoms with Crippen molar-refractivity contribution in [3.63, 3.8) is 0 Å². The maximum Gasteiger partial charge on any atom is 0.194 e. The lowest BCUT2D eigenvalue weighted by atomic mass is 10.1. The lowest BCUT2D eigenvalue weighted by Crippen LogP contribution is -2.40. The summed E-state index contributed by atoms with van der Waals surface area (Å²) in [6, 6.07) is 8.75. The molecule has 0 saturated carbocycles. The summed E-state index contributed by atoms with van der Waals surface area (Å²) in [6.07, 6.45) is 0.595. The quantitative estimate of drug-likeness (QED) is 0.373. The molecule has 1 heterocycles. The van der Waals surface area contributed by atoms with Crippen LogP contribution >= 0.6 is 24.0 Å². The number of aliphatic hydroxyl groups is 1. The molecule has 142 valence electrons. The number of benzene rings is 1. The maximum absolute atomic E-state index is 9.72. The largest absolute Gasteiger partial charge is 0.391 e. The molecule has 1 saturated heterocycles. The highest BCUT2D eigenvalue weighted by Crippen LogP contribution is 2.11. The van der Waals surface area contributed by atoms with E-state index in [0.717, 1.165) is 45.1 Å². The first kappa shape index (κ1) is 22.2. The van der Waals surface area contributed by atoms with Crippen LogP contribution in [-0.2, 0) is 13.1 Å². The lowest BCUT2D eigenvalue weighted by molar-refractivity contribution is 0.188. The molecule has 6 heteroatoms. The van der Waals surface area contributed by atoms with Crippen molar-refractivity contribution in [3.05, 3.63) is 35.4 Å². The SMILES string of the molecule is CCNC(=NCc1ccc(CN(CC)CC)cc1)N1CC[C@@H](O)C1.I. The van der Waals surface area contributed by atoms with Gasteiger partial charge in [0.1, 0.15) is 0 Å². The third-order valence-corrected chi connectivity index (χ3v) is 4.53. The highest BCUT2D eigenvalue weighted by atomic mass is 127. The van der Waals surface area contributed by atoms with Gasteiger partial charge in [-0.1, -0.05) is 38.1 Å². The highest BCUT2D eigenvalue weighted by molar-refractivity contribution is 14.0.